The van der Waals surface area contributed by atoms with E-state index in [0.29, 0.717) is 86.9 Å². The molecule has 0 bridgehead atoms. The van der Waals surface area contributed by atoms with E-state index in [0.717, 1.165) is 22.1 Å². The molecule has 15 nitrogen and oxygen atoms in total. The number of amides is 2. The molecule has 65 heavy (non-hydrogen) atoms. The number of sulfone groups is 1. The van der Waals surface area contributed by atoms with Crippen LogP contribution in [0.2, 0.25) is 0 Å². The summed E-state index contributed by atoms with van der Waals surface area (Å²) in [6, 6.07) is 22.3. The molecule has 0 unspecified atom stereocenters. The largest absolute Gasteiger partial charge is 0.427 e. The molecular weight excluding hydrogens is 922 g/mol. The summed E-state index contributed by atoms with van der Waals surface area (Å²) in [5, 5.41) is 2.84. The van der Waals surface area contributed by atoms with Crippen LogP contribution in [0.25, 0.3) is 5.65 Å². The number of hydrogen-bond donors (Lipinski definition) is 2. The van der Waals surface area contributed by atoms with Gasteiger partial charge in [0.1, 0.15) is 11.5 Å². The lowest BCUT2D eigenvalue weighted by atomic mass is 9.94. The number of benzene rings is 3. The average Bonchev–Trinajstić information content (AvgIpc) is 3.72. The second-order valence-electron chi connectivity index (χ2n) is 15.5. The number of fused-ring (bicyclic) bond motifs is 2. The number of pyridine rings is 1. The Hall–Kier alpha value is -5.51. The number of anilines is 2. The Morgan fingerprint density at radius 2 is 1.71 bits per heavy atom. The van der Waals surface area contributed by atoms with Crippen LogP contribution in [0.3, 0.4) is 0 Å². The van der Waals surface area contributed by atoms with E-state index in [9.17, 15) is 35.2 Å². The maximum Gasteiger partial charge on any atom is 0.427 e. The van der Waals surface area contributed by atoms with Crippen molar-refractivity contribution in [3.05, 3.63) is 138 Å². The van der Waals surface area contributed by atoms with E-state index in [1.165, 1.54) is 30.0 Å². The molecule has 8 rings (SSSR count). The van der Waals surface area contributed by atoms with Crippen molar-refractivity contribution < 1.29 is 39.9 Å². The van der Waals surface area contributed by atoms with E-state index in [2.05, 4.69) is 25.2 Å². The van der Waals surface area contributed by atoms with Crippen LogP contribution in [0.5, 0.6) is 0 Å². The summed E-state index contributed by atoms with van der Waals surface area (Å²) in [6.07, 6.45) is 7.68. The number of nitrogens with zero attached hydrogens (tertiary/aromatic N) is 6. The first-order valence-corrected chi connectivity index (χ1v) is 24.9. The number of halogens is 3. The minimum atomic E-state index is -5.62. The number of nitrogens with one attached hydrogen (secondary N) is 2. The number of carbonyl (C=O) groups is 2. The molecule has 2 aliphatic rings. The van der Waals surface area contributed by atoms with Gasteiger partial charge >= 0.3 is 4.71 Å². The van der Waals surface area contributed by atoms with Crippen LogP contribution in [0.1, 0.15) is 44.0 Å². The van der Waals surface area contributed by atoms with Gasteiger partial charge in [0.05, 0.1) is 35.4 Å². The summed E-state index contributed by atoms with van der Waals surface area (Å²) in [5.74, 6) is -0.582. The summed E-state index contributed by atoms with van der Waals surface area (Å²) < 4.78 is 88.0. The van der Waals surface area contributed by atoms with Crippen molar-refractivity contribution in [2.75, 3.05) is 55.4 Å². The molecule has 21 heteroatoms. The molecule has 6 aromatic rings. The fourth-order valence-corrected chi connectivity index (χ4v) is 11.2. The topological polar surface area (TPSA) is 185 Å². The van der Waals surface area contributed by atoms with E-state index in [4.69, 9.17) is 16.3 Å². The smallest absolute Gasteiger partial charge is 0.379 e. The third-order valence-electron chi connectivity index (χ3n) is 11.2. The van der Waals surface area contributed by atoms with Crippen LogP contribution in [-0.2, 0) is 44.0 Å². The van der Waals surface area contributed by atoms with E-state index in [1.54, 1.807) is 47.4 Å². The van der Waals surface area contributed by atoms with Gasteiger partial charge in [-0.2, -0.15) is 8.78 Å². The number of thioether (sulfide) groups is 1. The van der Waals surface area contributed by atoms with Gasteiger partial charge in [-0.05, 0) is 102 Å². The normalized spacial score (nSPS) is 15.3. The molecule has 3 aromatic heterocycles. The van der Waals surface area contributed by atoms with Gasteiger partial charge < -0.3 is 19.4 Å². The lowest BCUT2D eigenvalue weighted by Gasteiger charge is -2.31. The Balaban J connectivity index is 1.000. The minimum absolute atomic E-state index is 0.0159. The number of imidazole rings is 1. The van der Waals surface area contributed by atoms with E-state index >= 15 is 0 Å². The number of carbonyl (C=O) groups excluding carboxylic acids is 2. The van der Waals surface area contributed by atoms with Gasteiger partial charge in [0, 0.05) is 54.8 Å². The predicted molar refractivity (Wildman–Crippen MR) is 242 cm³/mol. The molecule has 0 saturated carbocycles. The number of sulfonamides is 1. The van der Waals surface area contributed by atoms with Crippen LogP contribution < -0.4 is 14.9 Å². The van der Waals surface area contributed by atoms with Gasteiger partial charge in [0.2, 0.25) is 0 Å². The number of rotatable bonds is 16. The first-order chi connectivity index (χ1) is 31.1. The summed E-state index contributed by atoms with van der Waals surface area (Å²) in [7, 11) is -10.5. The Labute approximate surface area is 383 Å². The molecule has 2 amide bonds. The molecule has 340 valence electrons. The number of ether oxygens (including phenoxy) is 1. The molecule has 2 N–H and O–H groups in total. The molecule has 1 fully saturated rings. The standard InChI is InChI=1S/C44H43ClF2N8O7S3/c45-44(46,47)64(58,59)38-25-34(13-12-32(38)24-30(14-17-53-20-22-62-23-21-53)29-63-33-7-2-1-3-8-33)65(60,61)52-43(57)37-10-5-11-40(49-37)54-18-15-31-6-4-9-35(36(31)27-54)42(56)51-39-28-55-19-16-48-26-41(55)50-39/h1-13,16,19,25-26,28,30H,14-15,17-18,20-24,27,29H2,(H,51,56)(H,52,57)/t30-/m0/s1. The molecule has 0 aliphatic carbocycles. The van der Waals surface area contributed by atoms with Crippen LogP contribution in [0.15, 0.2) is 124 Å². The maximum atomic E-state index is 14.7. The Morgan fingerprint density at radius 1 is 0.923 bits per heavy atom. The predicted octanol–water partition coefficient (Wildman–Crippen LogP) is 6.29. The fraction of sp³-hybridized carbons (Fsp3) is 0.295. The number of alkyl halides is 3. The molecule has 1 saturated heterocycles. The van der Waals surface area contributed by atoms with E-state index in [-0.39, 0.29) is 36.0 Å². The molecule has 2 aliphatic heterocycles. The van der Waals surface area contributed by atoms with Crippen LogP contribution >= 0.6 is 23.4 Å². The highest BCUT2D eigenvalue weighted by Gasteiger charge is 2.46. The second kappa shape index (κ2) is 19.5. The lowest BCUT2D eigenvalue weighted by Crippen LogP contribution is -2.37. The van der Waals surface area contributed by atoms with Crippen molar-refractivity contribution in [1.29, 1.82) is 0 Å². The molecule has 0 radical (unpaired) electrons. The molecule has 1 atom stereocenters. The third kappa shape index (κ3) is 10.8. The fourth-order valence-electron chi connectivity index (χ4n) is 7.76. The van der Waals surface area contributed by atoms with Crippen molar-refractivity contribution in [1.82, 2.24) is 29.0 Å². The first kappa shape index (κ1) is 46.0. The van der Waals surface area contributed by atoms with Crippen molar-refractivity contribution in [3.63, 3.8) is 0 Å². The zero-order chi connectivity index (χ0) is 45.8. The second-order valence-corrected chi connectivity index (χ2v) is 20.9. The average molecular weight is 966 g/mol. The van der Waals surface area contributed by atoms with E-state index < -0.39 is 40.3 Å². The summed E-state index contributed by atoms with van der Waals surface area (Å²) in [5.41, 5.74) is 2.32. The Bertz CT molecular complexity index is 2900. The van der Waals surface area contributed by atoms with Crippen molar-refractivity contribution in [2.24, 2.45) is 5.92 Å². The van der Waals surface area contributed by atoms with Gasteiger partial charge in [-0.25, -0.2) is 31.5 Å². The summed E-state index contributed by atoms with van der Waals surface area (Å²) in [6.45, 7) is 3.93. The Kier molecular flexibility index (Phi) is 13.8. The summed E-state index contributed by atoms with van der Waals surface area (Å²) in [4.78, 5) is 43.3. The molecular formula is C44H43ClF2N8O7S3. The third-order valence-corrected chi connectivity index (χ3v) is 15.9. The quantitative estimate of drug-likeness (QED) is 0.0815. The maximum absolute atomic E-state index is 14.7. The number of hydrogen-bond acceptors (Lipinski definition) is 13. The molecule has 3 aromatic carbocycles. The summed E-state index contributed by atoms with van der Waals surface area (Å²) >= 11 is 6.72. The highest BCUT2D eigenvalue weighted by Crippen LogP contribution is 2.37. The van der Waals surface area contributed by atoms with Crippen LogP contribution in [0.4, 0.5) is 20.4 Å². The van der Waals surface area contributed by atoms with Gasteiger partial charge in [0.15, 0.2) is 11.5 Å². The van der Waals surface area contributed by atoms with Gasteiger partial charge in [-0.1, -0.05) is 42.5 Å². The highest BCUT2D eigenvalue weighted by molar-refractivity contribution is 7.99. The number of morpholine rings is 1. The van der Waals surface area contributed by atoms with E-state index in [1.807, 2.05) is 46.0 Å². The van der Waals surface area contributed by atoms with Gasteiger partial charge in [-0.15, -0.1) is 11.8 Å². The van der Waals surface area contributed by atoms with Crippen LogP contribution in [0, 0.1) is 5.92 Å². The van der Waals surface area contributed by atoms with Gasteiger partial charge in [-0.3, -0.25) is 19.5 Å². The highest BCUT2D eigenvalue weighted by atomic mass is 35.5. The Morgan fingerprint density at radius 3 is 2.48 bits per heavy atom. The van der Waals surface area contributed by atoms with Crippen molar-refractivity contribution >= 4 is 72.3 Å². The van der Waals surface area contributed by atoms with Crippen molar-refractivity contribution in [3.8, 4) is 0 Å². The molecule has 0 spiro atoms. The lowest BCUT2D eigenvalue weighted by molar-refractivity contribution is 0.0357. The van der Waals surface area contributed by atoms with Crippen molar-refractivity contribution in [2.45, 2.75) is 45.2 Å². The number of aromatic nitrogens is 4. The zero-order valence-electron chi connectivity index (χ0n) is 34.6. The monoisotopic (exact) mass is 964 g/mol. The molecule has 5 heterocycles. The SMILES string of the molecule is O=C(NS(=O)(=O)c1ccc(C[C@H](CCN2CCOCC2)CSc2ccccc2)c(S(=O)(=O)C(F)(F)Cl)c1)c1cccc(N2CCc3cccc(C(=O)Nc4cn5ccncc5n4)c3C2)n1. The first-order valence-electron chi connectivity index (χ1n) is 20.6. The van der Waals surface area contributed by atoms with Gasteiger partial charge in [0.25, 0.3) is 31.7 Å². The van der Waals surface area contributed by atoms with Crippen LogP contribution in [-0.4, -0.2) is 103 Å². The minimum Gasteiger partial charge on any atom is -0.379 e. The zero-order valence-corrected chi connectivity index (χ0v) is 37.9.